The van der Waals surface area contributed by atoms with Crippen LogP contribution in [0.15, 0.2) is 22.7 Å². The molecular weight excluding hydrogens is 254 g/mol. The van der Waals surface area contributed by atoms with Gasteiger partial charge in [-0.05, 0) is 44.4 Å². The first-order valence-electron chi connectivity index (χ1n) is 5.04. The molecule has 0 aromatic heterocycles. The summed E-state index contributed by atoms with van der Waals surface area (Å²) in [4.78, 5) is 0. The van der Waals surface area contributed by atoms with E-state index in [2.05, 4.69) is 22.0 Å². The van der Waals surface area contributed by atoms with E-state index in [1.165, 1.54) is 5.56 Å². The van der Waals surface area contributed by atoms with Crippen molar-refractivity contribution in [1.29, 1.82) is 0 Å². The van der Waals surface area contributed by atoms with Crippen molar-refractivity contribution in [2.45, 2.75) is 32.2 Å². The van der Waals surface area contributed by atoms with Crippen molar-refractivity contribution < 1.29 is 4.74 Å². The number of hydrogen-bond donors (Lipinski definition) is 1. The molecule has 1 aromatic carbocycles. The van der Waals surface area contributed by atoms with Crippen molar-refractivity contribution in [3.63, 3.8) is 0 Å². The van der Waals surface area contributed by atoms with Gasteiger partial charge in [0.15, 0.2) is 0 Å². The summed E-state index contributed by atoms with van der Waals surface area (Å²) in [6.45, 7) is 4.08. The quantitative estimate of drug-likeness (QED) is 0.914. The van der Waals surface area contributed by atoms with Gasteiger partial charge in [-0.3, -0.25) is 0 Å². The Kier molecular flexibility index (Phi) is 4.17. The Morgan fingerprint density at radius 3 is 2.60 bits per heavy atom. The maximum absolute atomic E-state index is 5.95. The van der Waals surface area contributed by atoms with Crippen molar-refractivity contribution in [1.82, 2.24) is 0 Å². The van der Waals surface area contributed by atoms with Gasteiger partial charge in [0.05, 0.1) is 7.11 Å². The summed E-state index contributed by atoms with van der Waals surface area (Å²) < 4.78 is 6.36. The molecule has 0 aliphatic carbocycles. The van der Waals surface area contributed by atoms with Crippen LogP contribution in [0.1, 0.15) is 25.8 Å². The molecular formula is C12H18BrNO. The third kappa shape index (κ3) is 4.22. The number of benzene rings is 1. The van der Waals surface area contributed by atoms with E-state index < -0.39 is 0 Å². The van der Waals surface area contributed by atoms with E-state index in [-0.39, 0.29) is 5.54 Å². The van der Waals surface area contributed by atoms with Crippen LogP contribution in [0.4, 0.5) is 0 Å². The number of nitrogens with two attached hydrogens (primary N) is 1. The predicted octanol–water partition coefficient (Wildman–Crippen LogP) is 3.13. The van der Waals surface area contributed by atoms with Gasteiger partial charge < -0.3 is 10.5 Å². The van der Waals surface area contributed by atoms with Crippen LogP contribution in [-0.4, -0.2) is 12.6 Å². The fourth-order valence-electron chi connectivity index (χ4n) is 1.38. The van der Waals surface area contributed by atoms with Crippen LogP contribution >= 0.6 is 15.9 Å². The first kappa shape index (κ1) is 12.5. The highest BCUT2D eigenvalue weighted by Crippen LogP contribution is 2.25. The number of halogens is 1. The molecule has 3 heteroatoms. The number of aryl methyl sites for hydroxylation is 1. The number of ether oxygens (including phenoxy) is 1. The summed E-state index contributed by atoms with van der Waals surface area (Å²) >= 11 is 3.42. The first-order chi connectivity index (χ1) is 6.92. The van der Waals surface area contributed by atoms with Crippen molar-refractivity contribution in [2.24, 2.45) is 5.73 Å². The molecule has 15 heavy (non-hydrogen) atoms. The minimum absolute atomic E-state index is 0.127. The molecule has 0 bridgehead atoms. The zero-order valence-electron chi connectivity index (χ0n) is 9.51. The summed E-state index contributed by atoms with van der Waals surface area (Å²) in [5, 5.41) is 0. The fourth-order valence-corrected chi connectivity index (χ4v) is 1.72. The van der Waals surface area contributed by atoms with Crippen molar-refractivity contribution in [2.75, 3.05) is 7.11 Å². The average molecular weight is 272 g/mol. The lowest BCUT2D eigenvalue weighted by Gasteiger charge is -2.19. The van der Waals surface area contributed by atoms with Gasteiger partial charge in [0.25, 0.3) is 0 Å². The van der Waals surface area contributed by atoms with Gasteiger partial charge in [0.2, 0.25) is 0 Å². The molecule has 0 spiro atoms. The molecule has 0 unspecified atom stereocenters. The van der Waals surface area contributed by atoms with Gasteiger partial charge in [-0.15, -0.1) is 0 Å². The standard InChI is InChI=1S/C12H18BrNO/c1-12(2,14)7-6-9-4-5-10(13)8-11(9)15-3/h4-5,8H,6-7,14H2,1-3H3. The molecule has 0 saturated heterocycles. The summed E-state index contributed by atoms with van der Waals surface area (Å²) in [6.07, 6.45) is 1.89. The molecule has 0 heterocycles. The Morgan fingerprint density at radius 2 is 2.07 bits per heavy atom. The van der Waals surface area contributed by atoms with Crippen molar-refractivity contribution in [3.8, 4) is 5.75 Å². The third-order valence-electron chi connectivity index (χ3n) is 2.29. The average Bonchev–Trinajstić information content (AvgIpc) is 2.14. The lowest BCUT2D eigenvalue weighted by Crippen LogP contribution is -2.32. The van der Waals surface area contributed by atoms with Gasteiger partial charge in [-0.1, -0.05) is 22.0 Å². The molecule has 0 amide bonds. The lowest BCUT2D eigenvalue weighted by atomic mass is 9.96. The second kappa shape index (κ2) is 4.99. The SMILES string of the molecule is COc1cc(Br)ccc1CCC(C)(C)N. The van der Waals surface area contributed by atoms with Gasteiger partial charge in [-0.25, -0.2) is 0 Å². The van der Waals surface area contributed by atoms with Crippen LogP contribution in [0, 0.1) is 0 Å². The van der Waals surface area contributed by atoms with E-state index in [0.29, 0.717) is 0 Å². The Morgan fingerprint density at radius 1 is 1.40 bits per heavy atom. The molecule has 0 aliphatic heterocycles. The molecule has 0 atom stereocenters. The third-order valence-corrected chi connectivity index (χ3v) is 2.78. The summed E-state index contributed by atoms with van der Waals surface area (Å²) in [5.41, 5.74) is 7.04. The zero-order valence-corrected chi connectivity index (χ0v) is 11.1. The molecule has 0 aliphatic rings. The minimum atomic E-state index is -0.127. The maximum atomic E-state index is 5.95. The van der Waals surface area contributed by atoms with E-state index in [1.54, 1.807) is 7.11 Å². The largest absolute Gasteiger partial charge is 0.496 e. The van der Waals surface area contributed by atoms with Crippen molar-refractivity contribution >= 4 is 15.9 Å². The van der Waals surface area contributed by atoms with Crippen LogP contribution in [0.3, 0.4) is 0 Å². The van der Waals surface area contributed by atoms with Crippen LogP contribution in [-0.2, 0) is 6.42 Å². The van der Waals surface area contributed by atoms with E-state index >= 15 is 0 Å². The minimum Gasteiger partial charge on any atom is -0.496 e. The predicted molar refractivity (Wildman–Crippen MR) is 67.3 cm³/mol. The Hall–Kier alpha value is -0.540. The smallest absolute Gasteiger partial charge is 0.123 e. The normalized spacial score (nSPS) is 11.5. The van der Waals surface area contributed by atoms with Crippen LogP contribution in [0.25, 0.3) is 0 Å². The molecule has 2 N–H and O–H groups in total. The fraction of sp³-hybridized carbons (Fsp3) is 0.500. The van der Waals surface area contributed by atoms with Crippen LogP contribution < -0.4 is 10.5 Å². The van der Waals surface area contributed by atoms with Gasteiger partial charge in [0, 0.05) is 10.0 Å². The molecule has 84 valence electrons. The lowest BCUT2D eigenvalue weighted by molar-refractivity contribution is 0.404. The van der Waals surface area contributed by atoms with Crippen LogP contribution in [0.5, 0.6) is 5.75 Å². The van der Waals surface area contributed by atoms with E-state index in [0.717, 1.165) is 23.1 Å². The Labute approximate surface area is 99.9 Å². The van der Waals surface area contributed by atoms with Gasteiger partial charge in [-0.2, -0.15) is 0 Å². The van der Waals surface area contributed by atoms with E-state index in [4.69, 9.17) is 10.5 Å². The number of methoxy groups -OCH3 is 1. The number of hydrogen-bond acceptors (Lipinski definition) is 2. The summed E-state index contributed by atoms with van der Waals surface area (Å²) in [6, 6.07) is 6.09. The Balaban J connectivity index is 2.76. The molecule has 0 saturated carbocycles. The molecule has 1 rings (SSSR count). The Bertz CT molecular complexity index is 331. The highest BCUT2D eigenvalue weighted by Gasteiger charge is 2.12. The molecule has 2 nitrogen and oxygen atoms in total. The molecule has 1 aromatic rings. The summed E-state index contributed by atoms with van der Waals surface area (Å²) in [5.74, 6) is 0.925. The number of rotatable bonds is 4. The van der Waals surface area contributed by atoms with Gasteiger partial charge in [0.1, 0.15) is 5.75 Å². The first-order valence-corrected chi connectivity index (χ1v) is 5.83. The highest BCUT2D eigenvalue weighted by molar-refractivity contribution is 9.10. The summed E-state index contributed by atoms with van der Waals surface area (Å²) in [7, 11) is 1.69. The molecule has 0 radical (unpaired) electrons. The monoisotopic (exact) mass is 271 g/mol. The topological polar surface area (TPSA) is 35.2 Å². The van der Waals surface area contributed by atoms with E-state index in [1.807, 2.05) is 26.0 Å². The van der Waals surface area contributed by atoms with E-state index in [9.17, 15) is 0 Å². The van der Waals surface area contributed by atoms with Gasteiger partial charge >= 0.3 is 0 Å². The zero-order chi connectivity index (χ0) is 11.5. The van der Waals surface area contributed by atoms with Crippen molar-refractivity contribution in [3.05, 3.63) is 28.2 Å². The molecule has 0 fully saturated rings. The highest BCUT2D eigenvalue weighted by atomic mass is 79.9. The second-order valence-electron chi connectivity index (χ2n) is 4.44. The van der Waals surface area contributed by atoms with Crippen LogP contribution in [0.2, 0.25) is 0 Å². The second-order valence-corrected chi connectivity index (χ2v) is 5.36. The maximum Gasteiger partial charge on any atom is 0.123 e.